The number of carbonyl (C=O) groups is 3. The van der Waals surface area contributed by atoms with Crippen molar-refractivity contribution in [3.63, 3.8) is 0 Å². The summed E-state index contributed by atoms with van der Waals surface area (Å²) in [7, 11) is 0. The van der Waals surface area contributed by atoms with Gasteiger partial charge >= 0.3 is 5.97 Å². The van der Waals surface area contributed by atoms with Crippen LogP contribution < -0.4 is 5.32 Å². The number of rotatable bonds is 9. The van der Waals surface area contributed by atoms with Crippen LogP contribution in [-0.4, -0.2) is 61.6 Å². The van der Waals surface area contributed by atoms with Crippen molar-refractivity contribution in [2.75, 3.05) is 13.2 Å². The molecule has 3 rings (SSSR count). The van der Waals surface area contributed by atoms with Gasteiger partial charge in [0.05, 0.1) is 6.61 Å². The molecule has 1 aromatic heterocycles. The summed E-state index contributed by atoms with van der Waals surface area (Å²) in [5.41, 5.74) is 0.113. The fourth-order valence-electron chi connectivity index (χ4n) is 3.46. The summed E-state index contributed by atoms with van der Waals surface area (Å²) < 4.78 is 31.9. The van der Waals surface area contributed by atoms with Gasteiger partial charge < -0.3 is 15.0 Å². The Morgan fingerprint density at radius 3 is 2.19 bits per heavy atom. The van der Waals surface area contributed by atoms with Crippen LogP contribution in [0.3, 0.4) is 0 Å². The van der Waals surface area contributed by atoms with E-state index in [-0.39, 0.29) is 12.4 Å². The van der Waals surface area contributed by atoms with Crippen LogP contribution in [0.25, 0.3) is 11.4 Å². The Morgan fingerprint density at radius 1 is 1.03 bits per heavy atom. The van der Waals surface area contributed by atoms with Crippen LogP contribution in [0, 0.1) is 11.6 Å². The highest BCUT2D eigenvalue weighted by Crippen LogP contribution is 2.24. The summed E-state index contributed by atoms with van der Waals surface area (Å²) in [4.78, 5) is 41.3. The number of nitrogens with one attached hydrogen (secondary N) is 1. The van der Waals surface area contributed by atoms with Crippen LogP contribution in [0.1, 0.15) is 39.3 Å². The first-order valence-electron chi connectivity index (χ1n) is 11.5. The summed E-state index contributed by atoms with van der Waals surface area (Å²) in [5.74, 6) is -2.79. The Kier molecular flexibility index (Phi) is 8.64. The number of hydrogen-bond donors (Lipinski definition) is 1. The van der Waals surface area contributed by atoms with E-state index in [0.717, 1.165) is 21.8 Å². The summed E-state index contributed by atoms with van der Waals surface area (Å²) in [6.45, 7) is 5.97. The lowest BCUT2D eigenvalue weighted by molar-refractivity contribution is -0.153. The number of benzene rings is 2. The molecule has 0 radical (unpaired) electrons. The van der Waals surface area contributed by atoms with E-state index in [1.165, 1.54) is 36.4 Å². The van der Waals surface area contributed by atoms with Gasteiger partial charge in [0, 0.05) is 11.1 Å². The Morgan fingerprint density at radius 2 is 1.62 bits per heavy atom. The molecule has 0 saturated carbocycles. The minimum absolute atomic E-state index is 0.0714. The van der Waals surface area contributed by atoms with E-state index in [0.29, 0.717) is 11.1 Å². The summed E-state index contributed by atoms with van der Waals surface area (Å²) in [5, 5.41) is 14.7. The molecule has 1 heterocycles. The fraction of sp³-hybridized carbons (Fsp3) is 0.360. The Balaban J connectivity index is 1.95. The van der Waals surface area contributed by atoms with Crippen LogP contribution in [0.15, 0.2) is 48.5 Å². The van der Waals surface area contributed by atoms with Gasteiger partial charge in [0.2, 0.25) is 17.6 Å². The largest absolute Gasteiger partial charge is 0.465 e. The van der Waals surface area contributed by atoms with Gasteiger partial charge in [0.25, 0.3) is 0 Å². The molecule has 3 aromatic rings. The fourth-order valence-corrected chi connectivity index (χ4v) is 3.46. The topological polar surface area (TPSA) is 119 Å². The molecule has 0 fully saturated rings. The Labute approximate surface area is 212 Å². The minimum atomic E-state index is -1.28. The van der Waals surface area contributed by atoms with Crippen molar-refractivity contribution in [2.45, 2.75) is 45.8 Å². The van der Waals surface area contributed by atoms with E-state index >= 15 is 0 Å². The molecule has 2 aromatic carbocycles. The second-order valence-electron chi connectivity index (χ2n) is 9.17. The van der Waals surface area contributed by atoms with E-state index in [4.69, 9.17) is 4.74 Å². The monoisotopic (exact) mass is 514 g/mol. The zero-order valence-electron chi connectivity index (χ0n) is 20.9. The molecule has 0 aliphatic heterocycles. The van der Waals surface area contributed by atoms with E-state index in [1.54, 1.807) is 27.7 Å². The highest BCUT2D eigenvalue weighted by Gasteiger charge is 2.35. The van der Waals surface area contributed by atoms with Gasteiger partial charge in [-0.1, -0.05) is 12.1 Å². The highest BCUT2D eigenvalue weighted by molar-refractivity contribution is 5.91. The number of hydrogen-bond acceptors (Lipinski definition) is 7. The number of tetrazole rings is 1. The van der Waals surface area contributed by atoms with Gasteiger partial charge in [-0.05, 0) is 74.9 Å². The summed E-state index contributed by atoms with van der Waals surface area (Å²) in [6.07, 6.45) is 0. The van der Waals surface area contributed by atoms with Gasteiger partial charge in [-0.3, -0.25) is 14.4 Å². The van der Waals surface area contributed by atoms with Gasteiger partial charge in [-0.25, -0.2) is 8.78 Å². The second-order valence-corrected chi connectivity index (χ2v) is 9.17. The average Bonchev–Trinajstić information content (AvgIpc) is 3.27. The molecule has 37 heavy (non-hydrogen) atoms. The van der Waals surface area contributed by atoms with Crippen LogP contribution in [-0.2, 0) is 25.7 Å². The first kappa shape index (κ1) is 27.4. The number of carbonyl (C=O) groups excluding carboxylic acids is 3. The molecule has 0 aliphatic carbocycles. The van der Waals surface area contributed by atoms with E-state index in [9.17, 15) is 23.2 Å². The number of halogens is 2. The Hall–Kier alpha value is -4.22. The van der Waals surface area contributed by atoms with Crippen molar-refractivity contribution < 1.29 is 27.9 Å². The number of amides is 2. The van der Waals surface area contributed by atoms with Crippen molar-refractivity contribution >= 4 is 17.8 Å². The average molecular weight is 515 g/mol. The van der Waals surface area contributed by atoms with Gasteiger partial charge in [0.15, 0.2) is 0 Å². The predicted octanol–water partition coefficient (Wildman–Crippen LogP) is 2.67. The normalized spacial score (nSPS) is 12.1. The van der Waals surface area contributed by atoms with Gasteiger partial charge in [-0.15, -0.1) is 10.2 Å². The van der Waals surface area contributed by atoms with E-state index in [1.807, 2.05) is 0 Å². The third-order valence-corrected chi connectivity index (χ3v) is 5.00. The van der Waals surface area contributed by atoms with Gasteiger partial charge in [0.1, 0.15) is 30.8 Å². The predicted molar refractivity (Wildman–Crippen MR) is 129 cm³/mol. The minimum Gasteiger partial charge on any atom is -0.465 e. The Bertz CT molecular complexity index is 1240. The third-order valence-electron chi connectivity index (χ3n) is 5.00. The molecule has 0 saturated heterocycles. The van der Waals surface area contributed by atoms with Crippen molar-refractivity contribution in [2.24, 2.45) is 0 Å². The van der Waals surface area contributed by atoms with Crippen LogP contribution >= 0.6 is 0 Å². The molecule has 0 spiro atoms. The van der Waals surface area contributed by atoms with Crippen LogP contribution in [0.2, 0.25) is 0 Å². The summed E-state index contributed by atoms with van der Waals surface area (Å²) in [6, 6.07) is 9.19. The zero-order chi connectivity index (χ0) is 27.2. The maximum absolute atomic E-state index is 13.6. The molecular weight excluding hydrogens is 486 g/mol. The molecule has 1 N–H and O–H groups in total. The molecule has 1 atom stereocenters. The lowest BCUT2D eigenvalue weighted by Gasteiger charge is -2.33. The maximum Gasteiger partial charge on any atom is 0.325 e. The standard InChI is InChI=1S/C25H28F2N6O4/c1-5-37-21(35)15-32(22(24(36)28-25(2,3)4)16-6-10-18(26)11-7-16)20(34)14-33-30-23(29-31-33)17-8-12-19(27)13-9-17/h6-13,22H,5,14-15H2,1-4H3,(H,28,36). The second kappa shape index (κ2) is 11.7. The van der Waals surface area contributed by atoms with Crippen molar-refractivity contribution in [1.29, 1.82) is 0 Å². The number of esters is 1. The van der Waals surface area contributed by atoms with E-state index < -0.39 is 54.1 Å². The third kappa shape index (κ3) is 7.63. The van der Waals surface area contributed by atoms with Crippen LogP contribution in [0.4, 0.5) is 8.78 Å². The number of nitrogens with zero attached hydrogens (tertiary/aromatic N) is 5. The molecule has 196 valence electrons. The molecule has 0 aliphatic rings. The van der Waals surface area contributed by atoms with E-state index in [2.05, 4.69) is 20.7 Å². The number of ether oxygens (including phenoxy) is 1. The molecule has 12 heteroatoms. The lowest BCUT2D eigenvalue weighted by Crippen LogP contribution is -2.51. The first-order chi connectivity index (χ1) is 17.5. The van der Waals surface area contributed by atoms with Crippen LogP contribution in [0.5, 0.6) is 0 Å². The number of aromatic nitrogens is 4. The smallest absolute Gasteiger partial charge is 0.325 e. The molecule has 1 unspecified atom stereocenters. The zero-order valence-corrected chi connectivity index (χ0v) is 20.9. The summed E-state index contributed by atoms with van der Waals surface area (Å²) >= 11 is 0. The molecular formula is C25H28F2N6O4. The van der Waals surface area contributed by atoms with Crippen molar-refractivity contribution in [3.8, 4) is 11.4 Å². The molecule has 0 bridgehead atoms. The quantitative estimate of drug-likeness (QED) is 0.436. The maximum atomic E-state index is 13.6. The SMILES string of the molecule is CCOC(=O)CN(C(=O)Cn1nnc(-c2ccc(F)cc2)n1)C(C(=O)NC(C)(C)C)c1ccc(F)cc1. The molecule has 2 amide bonds. The van der Waals surface area contributed by atoms with Crippen molar-refractivity contribution in [3.05, 3.63) is 65.7 Å². The lowest BCUT2D eigenvalue weighted by atomic mass is 10.0. The first-order valence-corrected chi connectivity index (χ1v) is 11.5. The highest BCUT2D eigenvalue weighted by atomic mass is 19.1. The van der Waals surface area contributed by atoms with Gasteiger partial charge in [-0.2, -0.15) is 4.80 Å². The molecule has 10 nitrogen and oxygen atoms in total. The van der Waals surface area contributed by atoms with Crippen molar-refractivity contribution in [1.82, 2.24) is 30.4 Å².